The van der Waals surface area contributed by atoms with Gasteiger partial charge in [-0.05, 0) is 35.2 Å². The number of thiophene rings is 1. The SMILES string of the molecule is O=S(=O)(c1ccccc1)c1nc(-c2cccs2)oc1SCc1ccccc1Cl. The van der Waals surface area contributed by atoms with Crippen molar-refractivity contribution in [3.05, 3.63) is 82.7 Å². The number of oxazole rings is 1. The monoisotopic (exact) mass is 447 g/mol. The van der Waals surface area contributed by atoms with E-state index in [0.717, 1.165) is 10.4 Å². The first kappa shape index (κ1) is 19.3. The molecule has 2 aromatic heterocycles. The lowest BCUT2D eigenvalue weighted by Gasteiger charge is -2.04. The molecule has 0 aliphatic carbocycles. The Balaban J connectivity index is 1.75. The highest BCUT2D eigenvalue weighted by atomic mass is 35.5. The normalized spacial score (nSPS) is 11.6. The van der Waals surface area contributed by atoms with Crippen LogP contribution in [0.25, 0.3) is 10.8 Å². The smallest absolute Gasteiger partial charge is 0.238 e. The molecule has 0 unspecified atom stereocenters. The Hall–Kier alpha value is -2.06. The van der Waals surface area contributed by atoms with E-state index >= 15 is 0 Å². The third kappa shape index (κ3) is 3.89. The number of hydrogen-bond donors (Lipinski definition) is 0. The van der Waals surface area contributed by atoms with Crippen LogP contribution in [0.2, 0.25) is 5.02 Å². The Kier molecular flexibility index (Phi) is 5.59. The van der Waals surface area contributed by atoms with Crippen LogP contribution in [0.15, 0.2) is 91.5 Å². The molecule has 28 heavy (non-hydrogen) atoms. The molecule has 0 spiro atoms. The summed E-state index contributed by atoms with van der Waals surface area (Å²) in [6.07, 6.45) is 0. The number of halogens is 1. The molecule has 0 amide bonds. The van der Waals surface area contributed by atoms with E-state index in [0.29, 0.717) is 16.7 Å². The molecule has 0 fully saturated rings. The van der Waals surface area contributed by atoms with Gasteiger partial charge >= 0.3 is 0 Å². The van der Waals surface area contributed by atoms with Crippen LogP contribution in [0, 0.1) is 0 Å². The summed E-state index contributed by atoms with van der Waals surface area (Å²) >= 11 is 8.93. The quantitative estimate of drug-likeness (QED) is 0.330. The van der Waals surface area contributed by atoms with Crippen LogP contribution in [0.3, 0.4) is 0 Å². The molecule has 0 bridgehead atoms. The molecule has 2 aromatic carbocycles. The van der Waals surface area contributed by atoms with Gasteiger partial charge in [0, 0.05) is 10.8 Å². The van der Waals surface area contributed by atoms with Crippen molar-refractivity contribution in [1.82, 2.24) is 4.98 Å². The second-order valence-electron chi connectivity index (χ2n) is 5.79. The lowest BCUT2D eigenvalue weighted by Crippen LogP contribution is -2.03. The minimum atomic E-state index is -3.81. The number of hydrogen-bond acceptors (Lipinski definition) is 6. The number of thioether (sulfide) groups is 1. The lowest BCUT2D eigenvalue weighted by molar-refractivity contribution is 0.471. The molecular weight excluding hydrogens is 434 g/mol. The van der Waals surface area contributed by atoms with Gasteiger partial charge in [-0.25, -0.2) is 8.42 Å². The topological polar surface area (TPSA) is 60.2 Å². The number of aromatic nitrogens is 1. The van der Waals surface area contributed by atoms with E-state index in [9.17, 15) is 8.42 Å². The summed E-state index contributed by atoms with van der Waals surface area (Å²) in [5.41, 5.74) is 0.895. The maximum Gasteiger partial charge on any atom is 0.238 e. The van der Waals surface area contributed by atoms with Gasteiger partial charge in [-0.3, -0.25) is 0 Å². The third-order valence-electron chi connectivity index (χ3n) is 3.92. The largest absolute Gasteiger partial charge is 0.428 e. The minimum absolute atomic E-state index is 0.0702. The highest BCUT2D eigenvalue weighted by molar-refractivity contribution is 7.99. The van der Waals surface area contributed by atoms with Crippen LogP contribution in [0.4, 0.5) is 0 Å². The summed E-state index contributed by atoms with van der Waals surface area (Å²) in [7, 11) is -3.81. The van der Waals surface area contributed by atoms with Gasteiger partial charge in [-0.1, -0.05) is 65.8 Å². The Morgan fingerprint density at radius 1 is 1.00 bits per heavy atom. The second kappa shape index (κ2) is 8.13. The molecule has 0 aliphatic heterocycles. The zero-order chi connectivity index (χ0) is 19.6. The van der Waals surface area contributed by atoms with Gasteiger partial charge in [0.2, 0.25) is 25.8 Å². The van der Waals surface area contributed by atoms with Gasteiger partial charge in [0.15, 0.2) is 0 Å². The second-order valence-corrected chi connectivity index (χ2v) is 9.95. The molecule has 0 saturated heterocycles. The summed E-state index contributed by atoms with van der Waals surface area (Å²) in [4.78, 5) is 5.29. The van der Waals surface area contributed by atoms with Crippen LogP contribution in [0.1, 0.15) is 5.56 Å². The van der Waals surface area contributed by atoms with Crippen LogP contribution in [-0.2, 0) is 15.6 Å². The fourth-order valence-electron chi connectivity index (χ4n) is 2.53. The van der Waals surface area contributed by atoms with Gasteiger partial charge in [-0.2, -0.15) is 4.98 Å². The van der Waals surface area contributed by atoms with Crippen molar-refractivity contribution in [3.63, 3.8) is 0 Å². The molecule has 2 heterocycles. The summed E-state index contributed by atoms with van der Waals surface area (Å²) < 4.78 is 32.2. The summed E-state index contributed by atoms with van der Waals surface area (Å²) in [6.45, 7) is 0. The van der Waals surface area contributed by atoms with Crippen LogP contribution in [0.5, 0.6) is 0 Å². The van der Waals surface area contributed by atoms with Crippen molar-refractivity contribution in [3.8, 4) is 10.8 Å². The number of rotatable bonds is 6. The summed E-state index contributed by atoms with van der Waals surface area (Å²) in [5, 5.41) is 2.70. The van der Waals surface area contributed by atoms with E-state index in [1.54, 1.807) is 36.4 Å². The molecule has 0 atom stereocenters. The lowest BCUT2D eigenvalue weighted by atomic mass is 10.2. The van der Waals surface area contributed by atoms with Gasteiger partial charge < -0.3 is 4.42 Å². The predicted molar refractivity (Wildman–Crippen MR) is 113 cm³/mol. The molecular formula is C20H14ClNO3S3. The first-order valence-electron chi connectivity index (χ1n) is 8.27. The zero-order valence-corrected chi connectivity index (χ0v) is 17.6. The molecule has 0 saturated carbocycles. The van der Waals surface area contributed by atoms with E-state index in [1.807, 2.05) is 35.7 Å². The molecule has 4 rings (SSSR count). The van der Waals surface area contributed by atoms with E-state index in [-0.39, 0.29) is 15.0 Å². The third-order valence-corrected chi connectivity index (χ3v) is 7.95. The van der Waals surface area contributed by atoms with Crippen molar-refractivity contribution < 1.29 is 12.8 Å². The Bertz CT molecular complexity index is 1190. The van der Waals surface area contributed by atoms with E-state index in [1.165, 1.54) is 23.1 Å². The number of benzene rings is 2. The number of nitrogens with zero attached hydrogens (tertiary/aromatic N) is 1. The fourth-order valence-corrected chi connectivity index (χ4v) is 6.01. The van der Waals surface area contributed by atoms with Crippen molar-refractivity contribution in [2.45, 2.75) is 20.8 Å². The molecule has 4 aromatic rings. The highest BCUT2D eigenvalue weighted by Gasteiger charge is 2.29. The van der Waals surface area contributed by atoms with Crippen molar-refractivity contribution in [2.75, 3.05) is 0 Å². The molecule has 4 nitrogen and oxygen atoms in total. The Labute approximate surface area is 176 Å². The first-order chi connectivity index (χ1) is 13.6. The van der Waals surface area contributed by atoms with Crippen LogP contribution in [-0.4, -0.2) is 13.4 Å². The van der Waals surface area contributed by atoms with Gasteiger partial charge in [0.25, 0.3) is 0 Å². The standard InChI is InChI=1S/C20H14ClNO3S3/c21-16-10-5-4-7-14(16)13-27-20-19(22-18(25-20)17-11-6-12-26-17)28(23,24)15-8-2-1-3-9-15/h1-12H,13H2. The van der Waals surface area contributed by atoms with Crippen molar-refractivity contribution in [1.29, 1.82) is 0 Å². The summed E-state index contributed by atoms with van der Waals surface area (Å²) in [6, 6.07) is 19.4. The van der Waals surface area contributed by atoms with E-state index in [4.69, 9.17) is 16.0 Å². The Morgan fingerprint density at radius 2 is 1.75 bits per heavy atom. The first-order valence-corrected chi connectivity index (χ1v) is 12.0. The maximum atomic E-state index is 13.2. The fraction of sp³-hybridized carbons (Fsp3) is 0.0500. The molecule has 8 heteroatoms. The van der Waals surface area contributed by atoms with E-state index in [2.05, 4.69) is 4.98 Å². The van der Waals surface area contributed by atoms with Crippen molar-refractivity contribution in [2.24, 2.45) is 0 Å². The minimum Gasteiger partial charge on any atom is -0.428 e. The van der Waals surface area contributed by atoms with E-state index < -0.39 is 9.84 Å². The molecule has 142 valence electrons. The maximum absolute atomic E-state index is 13.2. The molecule has 0 radical (unpaired) electrons. The predicted octanol–water partition coefficient (Wildman–Crippen LogP) is 6.18. The Morgan fingerprint density at radius 3 is 2.46 bits per heavy atom. The average Bonchev–Trinajstić information content (AvgIpc) is 3.38. The van der Waals surface area contributed by atoms with Gasteiger partial charge in [-0.15, -0.1) is 11.3 Å². The number of sulfone groups is 1. The van der Waals surface area contributed by atoms with Gasteiger partial charge in [0.1, 0.15) is 0 Å². The molecule has 0 N–H and O–H groups in total. The summed E-state index contributed by atoms with van der Waals surface area (Å²) in [5.74, 6) is 0.766. The highest BCUT2D eigenvalue weighted by Crippen LogP contribution is 2.37. The van der Waals surface area contributed by atoms with Crippen LogP contribution >= 0.6 is 34.7 Å². The van der Waals surface area contributed by atoms with Crippen molar-refractivity contribution >= 4 is 44.5 Å². The van der Waals surface area contributed by atoms with Gasteiger partial charge in [0.05, 0.1) is 9.77 Å². The van der Waals surface area contributed by atoms with Crippen LogP contribution < -0.4 is 0 Å². The molecule has 0 aliphatic rings. The zero-order valence-electron chi connectivity index (χ0n) is 14.4. The average molecular weight is 448 g/mol.